The highest BCUT2D eigenvalue weighted by molar-refractivity contribution is 6.04. The zero-order valence-corrected chi connectivity index (χ0v) is 26.6. The molecule has 1 N–H and O–H groups in total. The Balaban J connectivity index is 1.23. The van der Waals surface area contributed by atoms with E-state index in [0.29, 0.717) is 36.2 Å². The molecule has 0 bridgehead atoms. The lowest BCUT2D eigenvalue weighted by Crippen LogP contribution is -2.45. The number of aromatic nitrogens is 3. The van der Waals surface area contributed by atoms with E-state index in [9.17, 15) is 18.0 Å². The summed E-state index contributed by atoms with van der Waals surface area (Å²) in [7, 11) is 5.97. The van der Waals surface area contributed by atoms with Gasteiger partial charge in [0.1, 0.15) is 11.3 Å². The second kappa shape index (κ2) is 12.9. The lowest BCUT2D eigenvalue weighted by molar-refractivity contribution is -0.138. The largest absolute Gasteiger partial charge is 0.437 e. The average molecular weight is 637 g/mol. The maximum atomic E-state index is 14.1. The Labute approximate surface area is 266 Å². The van der Waals surface area contributed by atoms with E-state index < -0.39 is 17.6 Å². The van der Waals surface area contributed by atoms with Gasteiger partial charge in [-0.05, 0) is 62.5 Å². The second-order valence-corrected chi connectivity index (χ2v) is 12.3. The third kappa shape index (κ3) is 6.96. The number of anilines is 2. The molecule has 244 valence electrons. The number of alkyl halides is 3. The van der Waals surface area contributed by atoms with E-state index in [-0.39, 0.29) is 23.4 Å². The predicted octanol–water partition coefficient (Wildman–Crippen LogP) is 4.84. The summed E-state index contributed by atoms with van der Waals surface area (Å²) in [6.45, 7) is 8.44. The number of carbonyl (C=O) groups is 1. The van der Waals surface area contributed by atoms with Crippen molar-refractivity contribution in [3.05, 3.63) is 70.9 Å². The first-order valence-corrected chi connectivity index (χ1v) is 15.4. The zero-order valence-electron chi connectivity index (χ0n) is 26.6. The van der Waals surface area contributed by atoms with E-state index in [1.165, 1.54) is 12.1 Å². The minimum absolute atomic E-state index is 0.0700. The highest BCUT2D eigenvalue weighted by Gasteiger charge is 2.34. The van der Waals surface area contributed by atoms with Gasteiger partial charge in [0.25, 0.3) is 5.91 Å². The van der Waals surface area contributed by atoms with Crippen molar-refractivity contribution in [3.8, 4) is 11.6 Å². The highest BCUT2D eigenvalue weighted by atomic mass is 19.4. The molecule has 46 heavy (non-hydrogen) atoms. The quantitative estimate of drug-likeness (QED) is 0.309. The highest BCUT2D eigenvalue weighted by Crippen LogP contribution is 2.36. The number of hydrogen-bond donors (Lipinski definition) is 1. The molecule has 2 aromatic carbocycles. The van der Waals surface area contributed by atoms with Gasteiger partial charge in [-0.1, -0.05) is 12.1 Å². The first-order valence-electron chi connectivity index (χ1n) is 15.4. The van der Waals surface area contributed by atoms with Crippen LogP contribution < -0.4 is 15.0 Å². The minimum atomic E-state index is -4.56. The number of nitrogens with one attached hydrogen (secondary N) is 1. The number of halogens is 3. The molecule has 2 saturated heterocycles. The molecular weight excluding hydrogens is 597 g/mol. The van der Waals surface area contributed by atoms with Crippen molar-refractivity contribution in [2.75, 3.05) is 76.7 Å². The number of nitrogens with zero attached hydrogens (tertiary/aromatic N) is 7. The van der Waals surface area contributed by atoms with Gasteiger partial charge in [-0.2, -0.15) is 18.2 Å². The van der Waals surface area contributed by atoms with Crippen LogP contribution in [0.5, 0.6) is 11.6 Å². The van der Waals surface area contributed by atoms with Crippen LogP contribution in [0.3, 0.4) is 0 Å². The van der Waals surface area contributed by atoms with E-state index in [2.05, 4.69) is 27.1 Å². The number of rotatable bonds is 7. The number of benzene rings is 2. The molecule has 0 spiro atoms. The molecule has 4 aromatic rings. The summed E-state index contributed by atoms with van der Waals surface area (Å²) in [5.74, 6) is 0.800. The Morgan fingerprint density at radius 1 is 0.891 bits per heavy atom. The van der Waals surface area contributed by atoms with E-state index in [1.807, 2.05) is 42.7 Å². The van der Waals surface area contributed by atoms with Crippen molar-refractivity contribution in [2.24, 2.45) is 7.05 Å². The van der Waals surface area contributed by atoms with Crippen molar-refractivity contribution in [3.63, 3.8) is 0 Å². The Bertz CT molecular complexity index is 1720. The van der Waals surface area contributed by atoms with Crippen LogP contribution in [0.1, 0.15) is 27.0 Å². The van der Waals surface area contributed by atoms with Crippen LogP contribution in [-0.4, -0.2) is 102 Å². The molecule has 6 rings (SSSR count). The summed E-state index contributed by atoms with van der Waals surface area (Å²) in [6, 6.07) is 10.9. The number of aryl methyl sites for hydroxylation is 2. The number of carbonyl (C=O) groups excluding carboxylic acids is 1. The SMILES string of the molecule is Cc1ccc(C(=O)Nc2ccc(CN3CCN(C)CC3)c(C(F)(F)F)c2)cc1Oc1nc(N2CCN(C)CC2)nc2ccn(C)c12. The van der Waals surface area contributed by atoms with E-state index in [0.717, 1.165) is 56.4 Å². The zero-order chi connectivity index (χ0) is 32.6. The molecule has 2 aliphatic heterocycles. The van der Waals surface area contributed by atoms with E-state index >= 15 is 0 Å². The second-order valence-electron chi connectivity index (χ2n) is 12.3. The molecule has 0 radical (unpaired) electrons. The summed E-state index contributed by atoms with van der Waals surface area (Å²) >= 11 is 0. The number of likely N-dealkylation sites (N-methyl/N-ethyl adjacent to an activating group) is 2. The Hall–Kier alpha value is -4.20. The normalized spacial score (nSPS) is 17.1. The van der Waals surface area contributed by atoms with Crippen LogP contribution >= 0.6 is 0 Å². The fourth-order valence-electron chi connectivity index (χ4n) is 5.82. The molecule has 0 unspecified atom stereocenters. The van der Waals surface area contributed by atoms with Gasteiger partial charge in [0.05, 0.1) is 11.1 Å². The van der Waals surface area contributed by atoms with Crippen molar-refractivity contribution < 1.29 is 22.7 Å². The van der Waals surface area contributed by atoms with Gasteiger partial charge in [0, 0.05) is 83.4 Å². The topological polar surface area (TPSA) is 82.0 Å². The summed E-state index contributed by atoms with van der Waals surface area (Å²) in [5.41, 5.74) is 1.98. The van der Waals surface area contributed by atoms with Crippen LogP contribution in [0.15, 0.2) is 48.7 Å². The van der Waals surface area contributed by atoms with Crippen molar-refractivity contribution in [1.29, 1.82) is 0 Å². The van der Waals surface area contributed by atoms with E-state index in [4.69, 9.17) is 14.7 Å². The summed E-state index contributed by atoms with van der Waals surface area (Å²) in [4.78, 5) is 31.5. The molecular formula is C33H39F3N8O2. The third-order valence-corrected chi connectivity index (χ3v) is 8.78. The molecule has 10 nitrogen and oxygen atoms in total. The average Bonchev–Trinajstić information content (AvgIpc) is 3.40. The Kier molecular flexibility index (Phi) is 8.90. The van der Waals surface area contributed by atoms with Gasteiger partial charge in [-0.15, -0.1) is 0 Å². The van der Waals surface area contributed by atoms with Crippen molar-refractivity contribution in [1.82, 2.24) is 29.2 Å². The van der Waals surface area contributed by atoms with E-state index in [1.54, 1.807) is 18.2 Å². The number of amides is 1. The van der Waals surface area contributed by atoms with Crippen molar-refractivity contribution >= 4 is 28.6 Å². The van der Waals surface area contributed by atoms with Crippen LogP contribution in [0.4, 0.5) is 24.8 Å². The summed E-state index contributed by atoms with van der Waals surface area (Å²) in [6.07, 6.45) is -2.67. The fourth-order valence-corrected chi connectivity index (χ4v) is 5.82. The number of ether oxygens (including phenoxy) is 1. The van der Waals surface area contributed by atoms with Crippen LogP contribution in [0, 0.1) is 6.92 Å². The standard InChI is InChI=1S/C33H39F3N8O2/c1-22-5-6-23(30(45)37-25-8-7-24(26(20-25)33(34,35)36)21-43-15-11-40(2)12-16-43)19-28(22)46-31-29-27(9-10-42(29)4)38-32(39-31)44-17-13-41(3)14-18-44/h5-10,19-20H,11-18,21H2,1-4H3,(H,37,45). The van der Waals surface area contributed by atoms with Gasteiger partial charge in [-0.25, -0.2) is 4.98 Å². The molecule has 2 fully saturated rings. The van der Waals surface area contributed by atoms with Gasteiger partial charge in [-0.3, -0.25) is 9.69 Å². The first kappa shape index (κ1) is 31.8. The summed E-state index contributed by atoms with van der Waals surface area (Å²) in [5, 5.41) is 2.65. The number of hydrogen-bond acceptors (Lipinski definition) is 8. The van der Waals surface area contributed by atoms with Gasteiger partial charge >= 0.3 is 6.18 Å². The van der Waals surface area contributed by atoms with Crippen LogP contribution in [0.2, 0.25) is 0 Å². The third-order valence-electron chi connectivity index (χ3n) is 8.78. The first-order chi connectivity index (χ1) is 21.9. The maximum absolute atomic E-state index is 14.1. The minimum Gasteiger partial charge on any atom is -0.437 e. The molecule has 4 heterocycles. The molecule has 13 heteroatoms. The predicted molar refractivity (Wildman–Crippen MR) is 172 cm³/mol. The molecule has 0 atom stereocenters. The lowest BCUT2D eigenvalue weighted by atomic mass is 10.0. The Morgan fingerprint density at radius 3 is 2.28 bits per heavy atom. The number of fused-ring (bicyclic) bond motifs is 1. The monoisotopic (exact) mass is 636 g/mol. The molecule has 0 saturated carbocycles. The van der Waals surface area contributed by atoms with Gasteiger partial charge in [0.15, 0.2) is 0 Å². The molecule has 2 aromatic heterocycles. The summed E-state index contributed by atoms with van der Waals surface area (Å²) < 4.78 is 50.6. The van der Waals surface area contributed by atoms with Crippen LogP contribution in [-0.2, 0) is 19.8 Å². The molecule has 1 amide bonds. The van der Waals surface area contributed by atoms with Crippen molar-refractivity contribution in [2.45, 2.75) is 19.6 Å². The Morgan fingerprint density at radius 2 is 1.59 bits per heavy atom. The lowest BCUT2D eigenvalue weighted by Gasteiger charge is -2.33. The maximum Gasteiger partial charge on any atom is 0.416 e. The van der Waals surface area contributed by atoms with Crippen LogP contribution in [0.25, 0.3) is 11.0 Å². The number of piperazine rings is 2. The van der Waals surface area contributed by atoms with Gasteiger partial charge < -0.3 is 29.3 Å². The smallest absolute Gasteiger partial charge is 0.416 e. The molecule has 2 aliphatic rings. The molecule has 0 aliphatic carbocycles. The fraction of sp³-hybridized carbons (Fsp3) is 0.424. The van der Waals surface area contributed by atoms with Gasteiger partial charge in [0.2, 0.25) is 11.8 Å².